The number of aromatic nitrogens is 2. The molecule has 0 bridgehead atoms. The van der Waals surface area contributed by atoms with E-state index in [9.17, 15) is 4.79 Å². The maximum absolute atomic E-state index is 11.1. The molecule has 1 aromatic heterocycles. The van der Waals surface area contributed by atoms with Crippen LogP contribution < -0.4 is 0 Å². The van der Waals surface area contributed by atoms with Crippen molar-refractivity contribution in [1.82, 2.24) is 9.97 Å². The highest BCUT2D eigenvalue weighted by molar-refractivity contribution is 5.92. The van der Waals surface area contributed by atoms with Gasteiger partial charge in [-0.1, -0.05) is 23.8 Å². The maximum Gasteiger partial charge on any atom is 0.356 e. The first-order valence-corrected chi connectivity index (χ1v) is 5.21. The summed E-state index contributed by atoms with van der Waals surface area (Å²) in [6, 6.07) is 5.80. The molecule has 0 amide bonds. The second kappa shape index (κ2) is 4.33. The standard InChI is InChI=1S/C13H12N2O2/c1-8-3-4-10(9(2)7-8)11-12(13(16)17)15-6-5-14-11/h3-7H,1-2H3,(H,16,17). The van der Waals surface area contributed by atoms with Crippen molar-refractivity contribution < 1.29 is 9.90 Å². The minimum atomic E-state index is -1.06. The third-order valence-corrected chi connectivity index (χ3v) is 2.54. The number of aryl methyl sites for hydroxylation is 2. The van der Waals surface area contributed by atoms with Crippen LogP contribution >= 0.6 is 0 Å². The molecule has 1 N–H and O–H groups in total. The molecule has 0 atom stereocenters. The summed E-state index contributed by atoms with van der Waals surface area (Å²) in [4.78, 5) is 19.0. The third-order valence-electron chi connectivity index (χ3n) is 2.54. The Labute approximate surface area is 99.0 Å². The van der Waals surface area contributed by atoms with E-state index in [1.54, 1.807) is 0 Å². The van der Waals surface area contributed by atoms with Gasteiger partial charge in [-0.15, -0.1) is 0 Å². The molecule has 17 heavy (non-hydrogen) atoms. The van der Waals surface area contributed by atoms with Crippen molar-refractivity contribution >= 4 is 5.97 Å². The molecule has 0 unspecified atom stereocenters. The van der Waals surface area contributed by atoms with E-state index in [0.717, 1.165) is 16.7 Å². The summed E-state index contributed by atoms with van der Waals surface area (Å²) in [7, 11) is 0. The van der Waals surface area contributed by atoms with Gasteiger partial charge in [-0.3, -0.25) is 4.98 Å². The smallest absolute Gasteiger partial charge is 0.356 e. The second-order valence-electron chi connectivity index (χ2n) is 3.88. The van der Waals surface area contributed by atoms with Crippen LogP contribution in [0.3, 0.4) is 0 Å². The third kappa shape index (κ3) is 2.15. The van der Waals surface area contributed by atoms with Gasteiger partial charge in [-0.05, 0) is 19.4 Å². The molecule has 4 nitrogen and oxygen atoms in total. The number of aromatic carboxylic acids is 1. The van der Waals surface area contributed by atoms with Crippen molar-refractivity contribution in [1.29, 1.82) is 0 Å². The molecule has 0 saturated heterocycles. The van der Waals surface area contributed by atoms with Gasteiger partial charge in [-0.25, -0.2) is 9.78 Å². The van der Waals surface area contributed by atoms with Crippen molar-refractivity contribution in [3.63, 3.8) is 0 Å². The highest BCUT2D eigenvalue weighted by Gasteiger charge is 2.15. The monoisotopic (exact) mass is 228 g/mol. The number of carbonyl (C=O) groups is 1. The molecule has 0 fully saturated rings. The summed E-state index contributed by atoms with van der Waals surface area (Å²) in [6.07, 6.45) is 2.89. The Morgan fingerprint density at radius 2 is 1.88 bits per heavy atom. The van der Waals surface area contributed by atoms with Gasteiger partial charge in [0, 0.05) is 18.0 Å². The van der Waals surface area contributed by atoms with Crippen LogP contribution in [0.5, 0.6) is 0 Å². The van der Waals surface area contributed by atoms with Crippen LogP contribution in [-0.2, 0) is 0 Å². The van der Waals surface area contributed by atoms with Gasteiger partial charge < -0.3 is 5.11 Å². The molecular formula is C13H12N2O2. The number of hydrogen-bond donors (Lipinski definition) is 1. The van der Waals surface area contributed by atoms with E-state index >= 15 is 0 Å². The van der Waals surface area contributed by atoms with Crippen molar-refractivity contribution in [2.24, 2.45) is 0 Å². The van der Waals surface area contributed by atoms with E-state index in [1.165, 1.54) is 12.4 Å². The molecule has 0 aliphatic carbocycles. The van der Waals surface area contributed by atoms with E-state index in [0.29, 0.717) is 5.69 Å². The van der Waals surface area contributed by atoms with Crippen molar-refractivity contribution in [3.8, 4) is 11.3 Å². The molecule has 1 aromatic carbocycles. The number of carboxylic acid groups (broad SMARTS) is 1. The predicted molar refractivity (Wildman–Crippen MR) is 63.9 cm³/mol. The van der Waals surface area contributed by atoms with Crippen molar-refractivity contribution in [3.05, 3.63) is 47.4 Å². The van der Waals surface area contributed by atoms with Gasteiger partial charge in [0.05, 0.1) is 0 Å². The van der Waals surface area contributed by atoms with Crippen LogP contribution in [0.1, 0.15) is 21.6 Å². The lowest BCUT2D eigenvalue weighted by Crippen LogP contribution is -2.05. The number of carboxylic acids is 1. The molecule has 86 valence electrons. The zero-order valence-electron chi connectivity index (χ0n) is 9.64. The van der Waals surface area contributed by atoms with Gasteiger partial charge in [-0.2, -0.15) is 0 Å². The Hall–Kier alpha value is -2.23. The first-order chi connectivity index (χ1) is 8.09. The SMILES string of the molecule is Cc1ccc(-c2nccnc2C(=O)O)c(C)c1. The molecule has 1 heterocycles. The minimum Gasteiger partial charge on any atom is -0.476 e. The highest BCUT2D eigenvalue weighted by atomic mass is 16.4. The van der Waals surface area contributed by atoms with E-state index in [2.05, 4.69) is 9.97 Å². The molecule has 0 aliphatic heterocycles. The van der Waals surface area contributed by atoms with E-state index in [4.69, 9.17) is 5.11 Å². The summed E-state index contributed by atoms with van der Waals surface area (Å²) in [5, 5.41) is 9.07. The fourth-order valence-corrected chi connectivity index (χ4v) is 1.77. The average Bonchev–Trinajstić information content (AvgIpc) is 2.29. The second-order valence-corrected chi connectivity index (χ2v) is 3.88. The van der Waals surface area contributed by atoms with E-state index in [-0.39, 0.29) is 5.69 Å². The van der Waals surface area contributed by atoms with Gasteiger partial charge in [0.1, 0.15) is 5.69 Å². The summed E-state index contributed by atoms with van der Waals surface area (Å²) in [5.74, 6) is -1.06. The quantitative estimate of drug-likeness (QED) is 0.857. The molecular weight excluding hydrogens is 216 g/mol. The number of benzene rings is 1. The molecule has 4 heteroatoms. The summed E-state index contributed by atoms with van der Waals surface area (Å²) in [6.45, 7) is 3.92. The summed E-state index contributed by atoms with van der Waals surface area (Å²) < 4.78 is 0. The van der Waals surface area contributed by atoms with E-state index in [1.807, 2.05) is 32.0 Å². The minimum absolute atomic E-state index is 0.0144. The van der Waals surface area contributed by atoms with Crippen LogP contribution in [0.2, 0.25) is 0 Å². The van der Waals surface area contributed by atoms with Crippen molar-refractivity contribution in [2.45, 2.75) is 13.8 Å². The molecule has 0 spiro atoms. The lowest BCUT2D eigenvalue weighted by molar-refractivity contribution is 0.0691. The van der Waals surface area contributed by atoms with Gasteiger partial charge >= 0.3 is 5.97 Å². The lowest BCUT2D eigenvalue weighted by Gasteiger charge is -2.08. The van der Waals surface area contributed by atoms with Gasteiger partial charge in [0.25, 0.3) is 0 Å². The predicted octanol–water partition coefficient (Wildman–Crippen LogP) is 2.46. The molecule has 0 saturated carbocycles. The Morgan fingerprint density at radius 1 is 1.18 bits per heavy atom. The first-order valence-electron chi connectivity index (χ1n) is 5.21. The Morgan fingerprint density at radius 3 is 2.53 bits per heavy atom. The zero-order chi connectivity index (χ0) is 12.4. The number of rotatable bonds is 2. The molecule has 0 radical (unpaired) electrons. The topological polar surface area (TPSA) is 63.1 Å². The zero-order valence-corrected chi connectivity index (χ0v) is 9.64. The van der Waals surface area contributed by atoms with Crippen LogP contribution in [0.25, 0.3) is 11.3 Å². The largest absolute Gasteiger partial charge is 0.476 e. The molecule has 0 aliphatic rings. The Bertz CT molecular complexity index is 579. The number of hydrogen-bond acceptors (Lipinski definition) is 3. The molecule has 2 rings (SSSR count). The van der Waals surface area contributed by atoms with Gasteiger partial charge in [0.2, 0.25) is 0 Å². The maximum atomic E-state index is 11.1. The van der Waals surface area contributed by atoms with Crippen LogP contribution in [-0.4, -0.2) is 21.0 Å². The first kappa shape index (κ1) is 11.3. The Kier molecular flexibility index (Phi) is 2.87. The van der Waals surface area contributed by atoms with Crippen LogP contribution in [0, 0.1) is 13.8 Å². The highest BCUT2D eigenvalue weighted by Crippen LogP contribution is 2.24. The van der Waals surface area contributed by atoms with Gasteiger partial charge in [0.15, 0.2) is 5.69 Å². The number of nitrogens with zero attached hydrogens (tertiary/aromatic N) is 2. The summed E-state index contributed by atoms with van der Waals surface area (Å²) >= 11 is 0. The Balaban J connectivity index is 2.64. The average molecular weight is 228 g/mol. The fraction of sp³-hybridized carbons (Fsp3) is 0.154. The van der Waals surface area contributed by atoms with Crippen molar-refractivity contribution in [2.75, 3.05) is 0 Å². The lowest BCUT2D eigenvalue weighted by atomic mass is 10.0. The van der Waals surface area contributed by atoms with Crippen LogP contribution in [0.15, 0.2) is 30.6 Å². The summed E-state index contributed by atoms with van der Waals surface area (Å²) in [5.41, 5.74) is 3.33. The molecule has 2 aromatic rings. The van der Waals surface area contributed by atoms with Crippen LogP contribution in [0.4, 0.5) is 0 Å². The fourth-order valence-electron chi connectivity index (χ4n) is 1.77. The van der Waals surface area contributed by atoms with E-state index < -0.39 is 5.97 Å². The normalized spacial score (nSPS) is 10.2.